The predicted molar refractivity (Wildman–Crippen MR) is 61.7 cm³/mol. The zero-order valence-electron chi connectivity index (χ0n) is 9.37. The monoisotopic (exact) mass is 190 g/mol. The van der Waals surface area contributed by atoms with Crippen molar-refractivity contribution in [3.05, 3.63) is 36.1 Å². The Morgan fingerprint density at radius 2 is 1.79 bits per heavy atom. The SMILES string of the molecule is CC.CC(C)c1cccc2ccoc12. The molecule has 1 heterocycles. The Morgan fingerprint density at radius 1 is 1.07 bits per heavy atom. The van der Waals surface area contributed by atoms with Crippen molar-refractivity contribution in [1.82, 2.24) is 0 Å². The second kappa shape index (κ2) is 4.85. The van der Waals surface area contributed by atoms with Crippen molar-refractivity contribution in [2.24, 2.45) is 0 Å². The van der Waals surface area contributed by atoms with E-state index < -0.39 is 0 Å². The highest BCUT2D eigenvalue weighted by Crippen LogP contribution is 2.25. The zero-order chi connectivity index (χ0) is 10.6. The summed E-state index contributed by atoms with van der Waals surface area (Å²) >= 11 is 0. The predicted octanol–water partition coefficient (Wildman–Crippen LogP) is 4.58. The maximum atomic E-state index is 5.41. The Hall–Kier alpha value is -1.24. The molecule has 0 spiro atoms. The van der Waals surface area contributed by atoms with E-state index in [1.54, 1.807) is 6.26 Å². The molecule has 0 aliphatic heterocycles. The number of benzene rings is 1. The van der Waals surface area contributed by atoms with Gasteiger partial charge < -0.3 is 4.42 Å². The third kappa shape index (κ3) is 1.98. The van der Waals surface area contributed by atoms with Crippen LogP contribution in [0.1, 0.15) is 39.2 Å². The first-order valence-electron chi connectivity index (χ1n) is 5.25. The van der Waals surface area contributed by atoms with Crippen LogP contribution in [-0.4, -0.2) is 0 Å². The summed E-state index contributed by atoms with van der Waals surface area (Å²) in [6.45, 7) is 8.36. The average Bonchev–Trinajstić information content (AvgIpc) is 2.67. The fourth-order valence-electron chi connectivity index (χ4n) is 1.47. The quantitative estimate of drug-likeness (QED) is 0.641. The summed E-state index contributed by atoms with van der Waals surface area (Å²) in [7, 11) is 0. The lowest BCUT2D eigenvalue weighted by Gasteiger charge is -2.04. The first-order valence-corrected chi connectivity index (χ1v) is 5.25. The summed E-state index contributed by atoms with van der Waals surface area (Å²) < 4.78 is 5.41. The Labute approximate surface area is 85.7 Å². The molecule has 0 aliphatic rings. The molecule has 0 bridgehead atoms. The van der Waals surface area contributed by atoms with Crippen LogP contribution in [0.3, 0.4) is 0 Å². The molecule has 0 radical (unpaired) electrons. The van der Waals surface area contributed by atoms with Gasteiger partial charge >= 0.3 is 0 Å². The maximum Gasteiger partial charge on any atom is 0.137 e. The molecule has 0 aliphatic carbocycles. The van der Waals surface area contributed by atoms with Crippen LogP contribution in [0.5, 0.6) is 0 Å². The number of para-hydroxylation sites is 1. The van der Waals surface area contributed by atoms with Crippen LogP contribution in [0.4, 0.5) is 0 Å². The van der Waals surface area contributed by atoms with E-state index in [9.17, 15) is 0 Å². The second-order valence-corrected chi connectivity index (χ2v) is 3.34. The van der Waals surface area contributed by atoms with Crippen molar-refractivity contribution >= 4 is 11.0 Å². The van der Waals surface area contributed by atoms with Crippen LogP contribution in [0.25, 0.3) is 11.0 Å². The summed E-state index contributed by atoms with van der Waals surface area (Å²) in [6.07, 6.45) is 1.75. The normalized spacial score (nSPS) is 10.1. The van der Waals surface area contributed by atoms with Gasteiger partial charge in [-0.1, -0.05) is 45.9 Å². The molecule has 0 atom stereocenters. The number of hydrogen-bond acceptors (Lipinski definition) is 1. The van der Waals surface area contributed by atoms with E-state index in [4.69, 9.17) is 4.42 Å². The molecular weight excluding hydrogens is 172 g/mol. The third-order valence-electron chi connectivity index (χ3n) is 2.13. The van der Waals surface area contributed by atoms with E-state index in [2.05, 4.69) is 32.0 Å². The van der Waals surface area contributed by atoms with Crippen LogP contribution in [0.15, 0.2) is 34.9 Å². The standard InChI is InChI=1S/C11H12O.C2H6/c1-8(2)10-5-3-4-9-6-7-12-11(9)10;1-2/h3-8H,1-2H3;1-2H3. The number of rotatable bonds is 1. The molecule has 0 fully saturated rings. The number of hydrogen-bond donors (Lipinski definition) is 0. The van der Waals surface area contributed by atoms with Crippen molar-refractivity contribution in [3.63, 3.8) is 0 Å². The first-order chi connectivity index (χ1) is 6.79. The van der Waals surface area contributed by atoms with E-state index in [0.29, 0.717) is 5.92 Å². The van der Waals surface area contributed by atoms with Crippen LogP contribution in [-0.2, 0) is 0 Å². The van der Waals surface area contributed by atoms with E-state index in [1.807, 2.05) is 19.9 Å². The van der Waals surface area contributed by atoms with E-state index >= 15 is 0 Å². The second-order valence-electron chi connectivity index (χ2n) is 3.34. The minimum Gasteiger partial charge on any atom is -0.464 e. The smallest absolute Gasteiger partial charge is 0.137 e. The molecule has 14 heavy (non-hydrogen) atoms. The fourth-order valence-corrected chi connectivity index (χ4v) is 1.47. The van der Waals surface area contributed by atoms with Gasteiger partial charge in [0.15, 0.2) is 0 Å². The van der Waals surface area contributed by atoms with Crippen molar-refractivity contribution < 1.29 is 4.42 Å². The highest BCUT2D eigenvalue weighted by atomic mass is 16.3. The van der Waals surface area contributed by atoms with Gasteiger partial charge in [0.2, 0.25) is 0 Å². The molecule has 0 N–H and O–H groups in total. The Kier molecular flexibility index (Phi) is 3.75. The van der Waals surface area contributed by atoms with Crippen molar-refractivity contribution in [1.29, 1.82) is 0 Å². The van der Waals surface area contributed by atoms with Gasteiger partial charge in [-0.2, -0.15) is 0 Å². The summed E-state index contributed by atoms with van der Waals surface area (Å²) in [5.41, 5.74) is 2.32. The van der Waals surface area contributed by atoms with E-state index in [0.717, 1.165) is 5.58 Å². The number of furan rings is 1. The van der Waals surface area contributed by atoms with Gasteiger partial charge in [0, 0.05) is 5.39 Å². The topological polar surface area (TPSA) is 13.1 Å². The first kappa shape index (κ1) is 10.8. The van der Waals surface area contributed by atoms with Crippen LogP contribution >= 0.6 is 0 Å². The minimum absolute atomic E-state index is 0.528. The van der Waals surface area contributed by atoms with Crippen LogP contribution < -0.4 is 0 Å². The van der Waals surface area contributed by atoms with E-state index in [1.165, 1.54) is 10.9 Å². The fraction of sp³-hybridized carbons (Fsp3) is 0.385. The Balaban J connectivity index is 0.000000461. The van der Waals surface area contributed by atoms with Crippen molar-refractivity contribution in [2.45, 2.75) is 33.6 Å². The molecule has 76 valence electrons. The van der Waals surface area contributed by atoms with Gasteiger partial charge in [-0.25, -0.2) is 0 Å². The average molecular weight is 190 g/mol. The summed E-state index contributed by atoms with van der Waals surface area (Å²) in [4.78, 5) is 0. The van der Waals surface area contributed by atoms with Crippen molar-refractivity contribution in [3.8, 4) is 0 Å². The lowest BCUT2D eigenvalue weighted by atomic mass is 10.0. The van der Waals surface area contributed by atoms with Crippen LogP contribution in [0, 0.1) is 0 Å². The highest BCUT2D eigenvalue weighted by molar-refractivity contribution is 5.80. The molecule has 1 nitrogen and oxygen atoms in total. The molecule has 1 heteroatoms. The lowest BCUT2D eigenvalue weighted by molar-refractivity contribution is 0.607. The summed E-state index contributed by atoms with van der Waals surface area (Å²) in [6, 6.07) is 8.27. The molecular formula is C13H18O. The molecule has 1 aromatic heterocycles. The molecule has 0 saturated heterocycles. The van der Waals surface area contributed by atoms with Gasteiger partial charge in [-0.15, -0.1) is 0 Å². The Morgan fingerprint density at radius 3 is 2.43 bits per heavy atom. The van der Waals surface area contributed by atoms with Gasteiger partial charge in [-0.05, 0) is 17.5 Å². The van der Waals surface area contributed by atoms with E-state index in [-0.39, 0.29) is 0 Å². The molecule has 2 rings (SSSR count). The van der Waals surface area contributed by atoms with Crippen molar-refractivity contribution in [2.75, 3.05) is 0 Å². The molecule has 0 amide bonds. The Bertz CT molecular complexity index is 385. The third-order valence-corrected chi connectivity index (χ3v) is 2.13. The van der Waals surface area contributed by atoms with Gasteiger partial charge in [0.05, 0.1) is 6.26 Å². The largest absolute Gasteiger partial charge is 0.464 e. The lowest BCUT2D eigenvalue weighted by Crippen LogP contribution is -1.86. The summed E-state index contributed by atoms with van der Waals surface area (Å²) in [5.74, 6) is 0.528. The summed E-state index contributed by atoms with van der Waals surface area (Å²) in [5, 5.41) is 1.20. The molecule has 0 saturated carbocycles. The minimum atomic E-state index is 0.528. The maximum absolute atomic E-state index is 5.41. The molecule has 1 aromatic carbocycles. The van der Waals surface area contributed by atoms with Gasteiger partial charge in [-0.3, -0.25) is 0 Å². The molecule has 2 aromatic rings. The van der Waals surface area contributed by atoms with Crippen LogP contribution in [0.2, 0.25) is 0 Å². The molecule has 0 unspecified atom stereocenters. The van der Waals surface area contributed by atoms with Gasteiger partial charge in [0.25, 0.3) is 0 Å². The number of fused-ring (bicyclic) bond motifs is 1. The van der Waals surface area contributed by atoms with Gasteiger partial charge in [0.1, 0.15) is 5.58 Å². The highest BCUT2D eigenvalue weighted by Gasteiger charge is 2.06. The zero-order valence-corrected chi connectivity index (χ0v) is 9.37.